The van der Waals surface area contributed by atoms with Crippen LogP contribution in [0.5, 0.6) is 0 Å². The van der Waals surface area contributed by atoms with Gasteiger partial charge in [0.05, 0.1) is 11.1 Å². The van der Waals surface area contributed by atoms with Gasteiger partial charge in [-0.1, -0.05) is 31.2 Å². The van der Waals surface area contributed by atoms with Crippen molar-refractivity contribution in [1.82, 2.24) is 4.90 Å². The van der Waals surface area contributed by atoms with E-state index in [4.69, 9.17) is 0 Å². The number of imide groups is 1. The summed E-state index contributed by atoms with van der Waals surface area (Å²) in [7, 11) is 1.50. The van der Waals surface area contributed by atoms with Gasteiger partial charge in [-0.25, -0.2) is 0 Å². The Kier molecular flexibility index (Phi) is 1.88. The van der Waals surface area contributed by atoms with Gasteiger partial charge in [0.15, 0.2) is 0 Å². The molecule has 0 saturated carbocycles. The summed E-state index contributed by atoms with van der Waals surface area (Å²) < 4.78 is 0. The Morgan fingerprint density at radius 2 is 1.50 bits per heavy atom. The van der Waals surface area contributed by atoms with Gasteiger partial charge in [-0.2, -0.15) is 0 Å². The molecule has 3 heteroatoms. The van der Waals surface area contributed by atoms with Crippen LogP contribution in [0.25, 0.3) is 0 Å². The molecule has 1 aliphatic carbocycles. The van der Waals surface area contributed by atoms with E-state index < -0.39 is 0 Å². The van der Waals surface area contributed by atoms with E-state index in [1.54, 1.807) is 12.2 Å². The molecule has 1 heterocycles. The van der Waals surface area contributed by atoms with Gasteiger partial charge in [-0.15, -0.1) is 0 Å². The highest BCUT2D eigenvalue weighted by Gasteiger charge is 2.33. The molecule has 2 amide bonds. The number of amides is 2. The van der Waals surface area contributed by atoms with Crippen LogP contribution in [-0.4, -0.2) is 23.8 Å². The van der Waals surface area contributed by atoms with E-state index in [9.17, 15) is 9.59 Å². The predicted octanol–water partition coefficient (Wildman–Crippen LogP) is 1.04. The molecule has 2 aliphatic rings. The van der Waals surface area contributed by atoms with Crippen molar-refractivity contribution in [1.29, 1.82) is 0 Å². The molecule has 0 radical (unpaired) electrons. The van der Waals surface area contributed by atoms with Crippen molar-refractivity contribution < 1.29 is 9.59 Å². The zero-order valence-corrected chi connectivity index (χ0v) is 8.15. The zero-order valence-electron chi connectivity index (χ0n) is 8.15. The van der Waals surface area contributed by atoms with Crippen molar-refractivity contribution in [3.63, 3.8) is 0 Å². The van der Waals surface area contributed by atoms with E-state index in [1.807, 2.05) is 19.1 Å². The fourth-order valence-electron chi connectivity index (χ4n) is 1.57. The van der Waals surface area contributed by atoms with E-state index in [0.29, 0.717) is 11.1 Å². The minimum Gasteiger partial charge on any atom is -0.277 e. The molecular weight excluding hydrogens is 178 g/mol. The van der Waals surface area contributed by atoms with Crippen LogP contribution in [0.15, 0.2) is 35.5 Å². The highest BCUT2D eigenvalue weighted by atomic mass is 16.2. The average molecular weight is 189 g/mol. The number of hydrogen-bond acceptors (Lipinski definition) is 2. The largest absolute Gasteiger partial charge is 0.277 e. The molecular formula is C11H11NO2. The Morgan fingerprint density at radius 1 is 1.07 bits per heavy atom. The highest BCUT2D eigenvalue weighted by Crippen LogP contribution is 2.24. The van der Waals surface area contributed by atoms with Crippen molar-refractivity contribution in [2.45, 2.75) is 6.92 Å². The SMILES string of the molecule is CC1C=CC2=C(C=C1)C(=O)N(C)C2=O. The van der Waals surface area contributed by atoms with Gasteiger partial charge in [0, 0.05) is 7.05 Å². The maximum atomic E-state index is 11.6. The first-order valence-electron chi connectivity index (χ1n) is 4.54. The van der Waals surface area contributed by atoms with E-state index in [-0.39, 0.29) is 17.7 Å². The fourth-order valence-corrected chi connectivity index (χ4v) is 1.57. The molecule has 1 aliphatic heterocycles. The third-order valence-corrected chi connectivity index (χ3v) is 2.49. The van der Waals surface area contributed by atoms with Crippen LogP contribution in [0.4, 0.5) is 0 Å². The van der Waals surface area contributed by atoms with Crippen molar-refractivity contribution in [2.24, 2.45) is 5.92 Å². The maximum absolute atomic E-state index is 11.6. The number of rotatable bonds is 0. The van der Waals surface area contributed by atoms with Gasteiger partial charge in [-0.3, -0.25) is 14.5 Å². The average Bonchev–Trinajstić information content (AvgIpc) is 2.34. The standard InChI is InChI=1S/C11H11NO2/c1-7-3-5-8-9(6-4-7)11(14)12(2)10(8)13/h3-7H,1-2H3. The number of hydrogen-bond donors (Lipinski definition) is 0. The maximum Gasteiger partial charge on any atom is 0.261 e. The zero-order chi connectivity index (χ0) is 10.3. The second kappa shape index (κ2) is 2.94. The Morgan fingerprint density at radius 3 is 1.93 bits per heavy atom. The third kappa shape index (κ3) is 1.13. The molecule has 0 aromatic carbocycles. The monoisotopic (exact) mass is 189 g/mol. The van der Waals surface area contributed by atoms with E-state index in [0.717, 1.165) is 4.90 Å². The molecule has 3 nitrogen and oxygen atoms in total. The summed E-state index contributed by atoms with van der Waals surface area (Å²) in [6, 6.07) is 0. The van der Waals surface area contributed by atoms with E-state index in [1.165, 1.54) is 7.05 Å². The lowest BCUT2D eigenvalue weighted by Gasteiger charge is -2.05. The normalized spacial score (nSPS) is 22.0. The predicted molar refractivity (Wildman–Crippen MR) is 52.2 cm³/mol. The molecule has 0 aromatic rings. The number of allylic oxidation sites excluding steroid dienone is 2. The smallest absolute Gasteiger partial charge is 0.261 e. The molecule has 0 spiro atoms. The summed E-state index contributed by atoms with van der Waals surface area (Å²) in [5, 5.41) is 0. The quantitative estimate of drug-likeness (QED) is 0.534. The summed E-state index contributed by atoms with van der Waals surface area (Å²) in [6.07, 6.45) is 7.32. The minimum absolute atomic E-state index is 0.208. The van der Waals surface area contributed by atoms with Crippen LogP contribution in [-0.2, 0) is 9.59 Å². The van der Waals surface area contributed by atoms with Crippen molar-refractivity contribution >= 4 is 11.8 Å². The topological polar surface area (TPSA) is 37.4 Å². The lowest BCUT2D eigenvalue weighted by Crippen LogP contribution is -2.26. The minimum atomic E-state index is -0.208. The Hall–Kier alpha value is -1.64. The lowest BCUT2D eigenvalue weighted by molar-refractivity contribution is -0.135. The third-order valence-electron chi connectivity index (χ3n) is 2.49. The Balaban J connectivity index is 2.51. The summed E-state index contributed by atoms with van der Waals surface area (Å²) >= 11 is 0. The molecule has 0 N–H and O–H groups in total. The Labute approximate surface area is 82.4 Å². The van der Waals surface area contributed by atoms with Crippen LogP contribution < -0.4 is 0 Å². The van der Waals surface area contributed by atoms with Gasteiger partial charge in [0.2, 0.25) is 0 Å². The molecule has 0 saturated heterocycles. The summed E-state index contributed by atoms with van der Waals surface area (Å²) in [5.74, 6) is -0.147. The second-order valence-electron chi connectivity index (χ2n) is 3.57. The van der Waals surface area contributed by atoms with Crippen molar-refractivity contribution in [3.05, 3.63) is 35.5 Å². The first-order valence-corrected chi connectivity index (χ1v) is 4.54. The van der Waals surface area contributed by atoms with Crippen LogP contribution >= 0.6 is 0 Å². The van der Waals surface area contributed by atoms with Crippen LogP contribution in [0, 0.1) is 5.92 Å². The van der Waals surface area contributed by atoms with Gasteiger partial charge in [0.1, 0.15) is 0 Å². The van der Waals surface area contributed by atoms with Gasteiger partial charge >= 0.3 is 0 Å². The highest BCUT2D eigenvalue weighted by molar-refractivity contribution is 6.21. The van der Waals surface area contributed by atoms with Crippen LogP contribution in [0.1, 0.15) is 6.92 Å². The summed E-state index contributed by atoms with van der Waals surface area (Å²) in [5.41, 5.74) is 1.02. The molecule has 72 valence electrons. The molecule has 0 aromatic heterocycles. The molecule has 0 unspecified atom stereocenters. The van der Waals surface area contributed by atoms with E-state index >= 15 is 0 Å². The number of nitrogens with zero attached hydrogens (tertiary/aromatic N) is 1. The van der Waals surface area contributed by atoms with Crippen molar-refractivity contribution in [3.8, 4) is 0 Å². The molecule has 2 rings (SSSR count). The molecule has 0 bridgehead atoms. The van der Waals surface area contributed by atoms with Gasteiger partial charge in [0.25, 0.3) is 11.8 Å². The first-order chi connectivity index (χ1) is 6.61. The number of likely N-dealkylation sites (N-methyl/N-ethyl adjacent to an activating group) is 1. The van der Waals surface area contributed by atoms with Gasteiger partial charge in [-0.05, 0) is 5.92 Å². The number of carbonyl (C=O) groups excluding carboxylic acids is 2. The molecule has 0 fully saturated rings. The fraction of sp³-hybridized carbons (Fsp3) is 0.273. The first kappa shape index (κ1) is 8.94. The Bertz CT molecular complexity index is 366. The van der Waals surface area contributed by atoms with Crippen LogP contribution in [0.3, 0.4) is 0 Å². The summed E-state index contributed by atoms with van der Waals surface area (Å²) in [4.78, 5) is 24.3. The number of carbonyl (C=O) groups is 2. The second-order valence-corrected chi connectivity index (χ2v) is 3.57. The lowest BCUT2D eigenvalue weighted by atomic mass is 10.1. The molecule has 14 heavy (non-hydrogen) atoms. The molecule has 0 atom stereocenters. The van der Waals surface area contributed by atoms with E-state index in [2.05, 4.69) is 0 Å². The van der Waals surface area contributed by atoms with Crippen LogP contribution in [0.2, 0.25) is 0 Å². The summed E-state index contributed by atoms with van der Waals surface area (Å²) in [6.45, 7) is 2.01. The van der Waals surface area contributed by atoms with Gasteiger partial charge < -0.3 is 0 Å². The van der Waals surface area contributed by atoms with Crippen molar-refractivity contribution in [2.75, 3.05) is 7.05 Å².